The van der Waals surface area contributed by atoms with Crippen molar-refractivity contribution in [2.24, 2.45) is 0 Å². The Morgan fingerprint density at radius 2 is 1.88 bits per heavy atom. The quantitative estimate of drug-likeness (QED) is 0.849. The number of aromatic nitrogens is 4. The first-order valence-electron chi connectivity index (χ1n) is 5.68. The SMILES string of the molecule is CC(C)c1n[nH]c(=S)n1C(C)c1ccncc1. The lowest BCUT2D eigenvalue weighted by atomic mass is 10.1. The van der Waals surface area contributed by atoms with Crippen molar-refractivity contribution in [3.63, 3.8) is 0 Å². The van der Waals surface area contributed by atoms with Gasteiger partial charge in [0.25, 0.3) is 0 Å². The fourth-order valence-corrected chi connectivity index (χ4v) is 2.19. The molecule has 0 aliphatic rings. The van der Waals surface area contributed by atoms with Crippen LogP contribution in [0.5, 0.6) is 0 Å². The zero-order valence-corrected chi connectivity index (χ0v) is 11.0. The maximum atomic E-state index is 5.30. The van der Waals surface area contributed by atoms with Gasteiger partial charge in [0.1, 0.15) is 5.82 Å². The second-order valence-electron chi connectivity index (χ2n) is 4.37. The van der Waals surface area contributed by atoms with Crippen LogP contribution in [-0.2, 0) is 0 Å². The van der Waals surface area contributed by atoms with Crippen LogP contribution in [0, 0.1) is 4.77 Å². The minimum Gasteiger partial charge on any atom is -0.297 e. The second kappa shape index (κ2) is 4.79. The Bertz CT molecular complexity index is 541. The van der Waals surface area contributed by atoms with E-state index >= 15 is 0 Å². The third kappa shape index (κ3) is 2.29. The molecule has 90 valence electrons. The average molecular weight is 248 g/mol. The predicted octanol–water partition coefficient (Wildman–Crippen LogP) is 3.07. The summed E-state index contributed by atoms with van der Waals surface area (Å²) in [7, 11) is 0. The summed E-state index contributed by atoms with van der Waals surface area (Å²) in [4.78, 5) is 4.03. The van der Waals surface area contributed by atoms with Gasteiger partial charge in [0, 0.05) is 18.3 Å². The van der Waals surface area contributed by atoms with Crippen molar-refractivity contribution in [2.45, 2.75) is 32.7 Å². The van der Waals surface area contributed by atoms with Gasteiger partial charge in [0.15, 0.2) is 4.77 Å². The Morgan fingerprint density at radius 3 is 2.47 bits per heavy atom. The topological polar surface area (TPSA) is 46.5 Å². The van der Waals surface area contributed by atoms with E-state index in [-0.39, 0.29) is 6.04 Å². The molecule has 0 radical (unpaired) electrons. The third-order valence-corrected chi connectivity index (χ3v) is 3.11. The number of hydrogen-bond acceptors (Lipinski definition) is 3. The second-order valence-corrected chi connectivity index (χ2v) is 4.75. The number of nitrogens with one attached hydrogen (secondary N) is 1. The van der Waals surface area contributed by atoms with E-state index in [2.05, 4.69) is 40.5 Å². The standard InChI is InChI=1S/C12H16N4S/c1-8(2)11-14-15-12(17)16(11)9(3)10-4-6-13-7-5-10/h4-9H,1-3H3,(H,15,17). The van der Waals surface area contributed by atoms with Crippen LogP contribution >= 0.6 is 12.2 Å². The molecule has 0 amide bonds. The maximum Gasteiger partial charge on any atom is 0.195 e. The largest absolute Gasteiger partial charge is 0.297 e. The summed E-state index contributed by atoms with van der Waals surface area (Å²) in [5.41, 5.74) is 1.18. The lowest BCUT2D eigenvalue weighted by molar-refractivity contribution is 0.572. The van der Waals surface area contributed by atoms with Gasteiger partial charge in [-0.3, -0.25) is 14.6 Å². The maximum absolute atomic E-state index is 5.30. The van der Waals surface area contributed by atoms with Crippen LogP contribution < -0.4 is 0 Å². The Balaban J connectivity index is 2.47. The monoisotopic (exact) mass is 248 g/mol. The van der Waals surface area contributed by atoms with E-state index in [4.69, 9.17) is 12.2 Å². The molecule has 4 nitrogen and oxygen atoms in total. The van der Waals surface area contributed by atoms with Gasteiger partial charge in [-0.2, -0.15) is 5.10 Å². The Kier molecular flexibility index (Phi) is 3.38. The van der Waals surface area contributed by atoms with Gasteiger partial charge < -0.3 is 0 Å². The molecule has 2 heterocycles. The van der Waals surface area contributed by atoms with E-state index in [1.54, 1.807) is 12.4 Å². The van der Waals surface area contributed by atoms with E-state index in [0.29, 0.717) is 10.7 Å². The molecule has 1 unspecified atom stereocenters. The molecule has 1 N–H and O–H groups in total. The van der Waals surface area contributed by atoms with Crippen LogP contribution in [0.3, 0.4) is 0 Å². The van der Waals surface area contributed by atoms with Gasteiger partial charge in [-0.25, -0.2) is 0 Å². The molecule has 0 aliphatic carbocycles. The third-order valence-electron chi connectivity index (χ3n) is 2.82. The molecule has 2 aromatic heterocycles. The van der Waals surface area contributed by atoms with E-state index in [9.17, 15) is 0 Å². The van der Waals surface area contributed by atoms with E-state index in [1.165, 1.54) is 5.56 Å². The number of hydrogen-bond donors (Lipinski definition) is 1. The molecule has 0 bridgehead atoms. The first kappa shape index (κ1) is 12.0. The van der Waals surface area contributed by atoms with Gasteiger partial charge in [-0.15, -0.1) is 0 Å². The zero-order chi connectivity index (χ0) is 12.4. The molecular weight excluding hydrogens is 232 g/mol. The Labute approximate surface area is 106 Å². The van der Waals surface area contributed by atoms with Crippen LogP contribution in [0.2, 0.25) is 0 Å². The highest BCUT2D eigenvalue weighted by Gasteiger charge is 2.16. The van der Waals surface area contributed by atoms with Gasteiger partial charge in [0.05, 0.1) is 6.04 Å². The van der Waals surface area contributed by atoms with Gasteiger partial charge in [-0.1, -0.05) is 13.8 Å². The molecule has 5 heteroatoms. The highest BCUT2D eigenvalue weighted by Crippen LogP contribution is 2.22. The summed E-state index contributed by atoms with van der Waals surface area (Å²) >= 11 is 5.30. The lowest BCUT2D eigenvalue weighted by Crippen LogP contribution is -2.12. The molecule has 2 aromatic rings. The zero-order valence-electron chi connectivity index (χ0n) is 10.2. The highest BCUT2D eigenvalue weighted by atomic mass is 32.1. The van der Waals surface area contributed by atoms with Crippen molar-refractivity contribution < 1.29 is 0 Å². The van der Waals surface area contributed by atoms with Crippen LogP contribution in [0.1, 0.15) is 44.1 Å². The molecule has 17 heavy (non-hydrogen) atoms. The molecule has 0 saturated heterocycles. The summed E-state index contributed by atoms with van der Waals surface area (Å²) in [6, 6.07) is 4.18. The smallest absolute Gasteiger partial charge is 0.195 e. The minimum absolute atomic E-state index is 0.168. The average Bonchev–Trinajstić information content (AvgIpc) is 2.71. The molecule has 0 aliphatic heterocycles. The first-order valence-corrected chi connectivity index (χ1v) is 6.08. The summed E-state index contributed by atoms with van der Waals surface area (Å²) in [5, 5.41) is 7.16. The Morgan fingerprint density at radius 1 is 1.24 bits per heavy atom. The van der Waals surface area contributed by atoms with Crippen molar-refractivity contribution in [3.05, 3.63) is 40.7 Å². The molecule has 1 atom stereocenters. The summed E-state index contributed by atoms with van der Waals surface area (Å²) < 4.78 is 2.73. The summed E-state index contributed by atoms with van der Waals surface area (Å²) in [6.45, 7) is 6.34. The van der Waals surface area contributed by atoms with E-state index in [0.717, 1.165) is 5.82 Å². The molecular formula is C12H16N4S. The highest BCUT2D eigenvalue weighted by molar-refractivity contribution is 7.71. The normalized spacial score (nSPS) is 12.9. The molecule has 0 fully saturated rings. The fraction of sp³-hybridized carbons (Fsp3) is 0.417. The predicted molar refractivity (Wildman–Crippen MR) is 69.6 cm³/mol. The van der Waals surface area contributed by atoms with Crippen LogP contribution in [-0.4, -0.2) is 19.7 Å². The summed E-state index contributed by atoms with van der Waals surface area (Å²) in [6.07, 6.45) is 3.59. The minimum atomic E-state index is 0.168. The van der Waals surface area contributed by atoms with Gasteiger partial charge in [-0.05, 0) is 36.8 Å². The molecule has 0 spiro atoms. The van der Waals surface area contributed by atoms with E-state index < -0.39 is 0 Å². The van der Waals surface area contributed by atoms with Gasteiger partial charge in [0.2, 0.25) is 0 Å². The Hall–Kier alpha value is -1.49. The van der Waals surface area contributed by atoms with Gasteiger partial charge >= 0.3 is 0 Å². The molecule has 2 rings (SSSR count). The van der Waals surface area contributed by atoms with Crippen molar-refractivity contribution in [1.82, 2.24) is 19.7 Å². The number of aromatic amines is 1. The molecule has 0 saturated carbocycles. The van der Waals surface area contributed by atoms with Crippen molar-refractivity contribution in [2.75, 3.05) is 0 Å². The number of nitrogens with zero attached hydrogens (tertiary/aromatic N) is 3. The van der Waals surface area contributed by atoms with Crippen molar-refractivity contribution >= 4 is 12.2 Å². The van der Waals surface area contributed by atoms with Crippen molar-refractivity contribution in [3.8, 4) is 0 Å². The van der Waals surface area contributed by atoms with Crippen LogP contribution in [0.15, 0.2) is 24.5 Å². The van der Waals surface area contributed by atoms with Crippen LogP contribution in [0.4, 0.5) is 0 Å². The van der Waals surface area contributed by atoms with Crippen molar-refractivity contribution in [1.29, 1.82) is 0 Å². The fourth-order valence-electron chi connectivity index (χ4n) is 1.89. The summed E-state index contributed by atoms with van der Waals surface area (Å²) in [5.74, 6) is 1.33. The lowest BCUT2D eigenvalue weighted by Gasteiger charge is -2.17. The van der Waals surface area contributed by atoms with E-state index in [1.807, 2.05) is 12.1 Å². The number of H-pyrrole nitrogens is 1. The van der Waals surface area contributed by atoms with Crippen LogP contribution in [0.25, 0.3) is 0 Å². The first-order chi connectivity index (χ1) is 8.11. The molecule has 0 aromatic carbocycles. The number of pyridine rings is 1. The number of rotatable bonds is 3.